The van der Waals surface area contributed by atoms with E-state index < -0.39 is 0 Å². The molecule has 2 fully saturated rings. The van der Waals surface area contributed by atoms with E-state index in [4.69, 9.17) is 0 Å². The molecule has 1 saturated heterocycles. The fourth-order valence-electron chi connectivity index (χ4n) is 3.77. The predicted molar refractivity (Wildman–Crippen MR) is 96.6 cm³/mol. The molecular weight excluding hydrogens is 302 g/mol. The Morgan fingerprint density at radius 3 is 2.12 bits per heavy atom. The van der Waals surface area contributed by atoms with Crippen LogP contribution in [0.15, 0.2) is 0 Å². The van der Waals surface area contributed by atoms with Crippen LogP contribution >= 0.6 is 0 Å². The molecule has 0 unspecified atom stereocenters. The molecule has 5 nitrogen and oxygen atoms in total. The van der Waals surface area contributed by atoms with Crippen molar-refractivity contribution in [2.45, 2.75) is 52.9 Å². The van der Waals surface area contributed by atoms with Gasteiger partial charge in [0.2, 0.25) is 11.8 Å². The number of piperazine rings is 1. The van der Waals surface area contributed by atoms with Crippen LogP contribution in [0.1, 0.15) is 52.9 Å². The van der Waals surface area contributed by atoms with E-state index in [-0.39, 0.29) is 17.7 Å². The molecule has 0 atom stereocenters. The average Bonchev–Trinajstić information content (AvgIpc) is 2.61. The number of hydrogen-bond acceptors (Lipinski definition) is 3. The average molecular weight is 338 g/mol. The van der Waals surface area contributed by atoms with Gasteiger partial charge in [-0.1, -0.05) is 20.8 Å². The fourth-order valence-corrected chi connectivity index (χ4v) is 3.77. The Labute approximate surface area is 147 Å². The first-order valence-electron chi connectivity index (χ1n) is 9.80. The lowest BCUT2D eigenvalue weighted by molar-refractivity contribution is -0.140. The highest BCUT2D eigenvalue weighted by molar-refractivity contribution is 5.81. The van der Waals surface area contributed by atoms with Gasteiger partial charge in [-0.3, -0.25) is 9.59 Å². The van der Waals surface area contributed by atoms with Crippen molar-refractivity contribution >= 4 is 11.8 Å². The molecular formula is C19H35N3O2. The number of nitrogens with zero attached hydrogens (tertiary/aromatic N) is 2. The Hall–Kier alpha value is -1.10. The standard InChI is InChI=1S/C19H35N3O2/c1-4-21-11-13-22(14-12-21)19(24)17-7-5-16(6-8-17)18(23)20-10-9-15(2)3/h15-17H,4-14H2,1-3H3,(H,20,23). The summed E-state index contributed by atoms with van der Waals surface area (Å²) < 4.78 is 0. The van der Waals surface area contributed by atoms with Crippen LogP contribution in [0.5, 0.6) is 0 Å². The Kier molecular flexibility index (Phi) is 7.53. The summed E-state index contributed by atoms with van der Waals surface area (Å²) in [6, 6.07) is 0. The van der Waals surface area contributed by atoms with Gasteiger partial charge >= 0.3 is 0 Å². The number of nitrogens with one attached hydrogen (secondary N) is 1. The second-order valence-electron chi connectivity index (χ2n) is 7.78. The smallest absolute Gasteiger partial charge is 0.225 e. The van der Waals surface area contributed by atoms with E-state index in [1.165, 1.54) is 0 Å². The number of rotatable bonds is 6. The van der Waals surface area contributed by atoms with E-state index in [0.717, 1.165) is 71.4 Å². The summed E-state index contributed by atoms with van der Waals surface area (Å²) in [4.78, 5) is 29.3. The van der Waals surface area contributed by atoms with Gasteiger partial charge in [-0.2, -0.15) is 0 Å². The third-order valence-corrected chi connectivity index (χ3v) is 5.60. The van der Waals surface area contributed by atoms with Gasteiger partial charge in [0, 0.05) is 44.6 Å². The van der Waals surface area contributed by atoms with Crippen molar-refractivity contribution in [1.29, 1.82) is 0 Å². The normalized spacial score (nSPS) is 25.8. The van der Waals surface area contributed by atoms with Crippen molar-refractivity contribution in [3.63, 3.8) is 0 Å². The first-order valence-corrected chi connectivity index (χ1v) is 9.80. The third-order valence-electron chi connectivity index (χ3n) is 5.60. The molecule has 0 aromatic heterocycles. The number of hydrogen-bond donors (Lipinski definition) is 1. The largest absolute Gasteiger partial charge is 0.356 e. The molecule has 1 N–H and O–H groups in total. The molecule has 0 aromatic carbocycles. The zero-order valence-electron chi connectivity index (χ0n) is 15.7. The van der Waals surface area contributed by atoms with Crippen LogP contribution in [0, 0.1) is 17.8 Å². The number of carbonyl (C=O) groups is 2. The quantitative estimate of drug-likeness (QED) is 0.808. The zero-order chi connectivity index (χ0) is 17.5. The summed E-state index contributed by atoms with van der Waals surface area (Å²) in [5.41, 5.74) is 0. The molecule has 2 rings (SSSR count). The van der Waals surface area contributed by atoms with Crippen LogP contribution in [0.3, 0.4) is 0 Å². The maximum atomic E-state index is 12.7. The van der Waals surface area contributed by atoms with E-state index in [1.807, 2.05) is 4.90 Å². The highest BCUT2D eigenvalue weighted by atomic mass is 16.2. The maximum absolute atomic E-state index is 12.7. The van der Waals surface area contributed by atoms with Gasteiger partial charge in [-0.25, -0.2) is 0 Å². The molecule has 0 aromatic rings. The minimum Gasteiger partial charge on any atom is -0.356 e. The van der Waals surface area contributed by atoms with E-state index in [1.54, 1.807) is 0 Å². The summed E-state index contributed by atoms with van der Waals surface area (Å²) in [7, 11) is 0. The van der Waals surface area contributed by atoms with Gasteiger partial charge in [0.1, 0.15) is 0 Å². The van der Waals surface area contributed by atoms with Crippen molar-refractivity contribution in [2.75, 3.05) is 39.3 Å². The molecule has 1 aliphatic heterocycles. The number of likely N-dealkylation sites (N-methyl/N-ethyl adjacent to an activating group) is 1. The second-order valence-corrected chi connectivity index (χ2v) is 7.78. The molecule has 0 bridgehead atoms. The lowest BCUT2D eigenvalue weighted by Gasteiger charge is -2.37. The van der Waals surface area contributed by atoms with E-state index in [2.05, 4.69) is 31.0 Å². The van der Waals surface area contributed by atoms with Crippen molar-refractivity contribution in [2.24, 2.45) is 17.8 Å². The molecule has 0 spiro atoms. The fraction of sp³-hybridized carbons (Fsp3) is 0.895. The predicted octanol–water partition coefficient (Wildman–Crippen LogP) is 2.12. The molecule has 0 radical (unpaired) electrons. The lowest BCUT2D eigenvalue weighted by atomic mass is 9.80. The Balaban J connectivity index is 1.70. The van der Waals surface area contributed by atoms with Gasteiger partial charge < -0.3 is 15.1 Å². The maximum Gasteiger partial charge on any atom is 0.225 e. The molecule has 1 heterocycles. The summed E-state index contributed by atoms with van der Waals surface area (Å²) >= 11 is 0. The topological polar surface area (TPSA) is 52.7 Å². The van der Waals surface area contributed by atoms with Crippen molar-refractivity contribution in [3.05, 3.63) is 0 Å². The first-order chi connectivity index (χ1) is 11.5. The highest BCUT2D eigenvalue weighted by Gasteiger charge is 2.32. The first kappa shape index (κ1) is 19.2. The Morgan fingerprint density at radius 2 is 1.58 bits per heavy atom. The van der Waals surface area contributed by atoms with Gasteiger partial charge in [0.25, 0.3) is 0 Å². The Bertz CT molecular complexity index is 409. The molecule has 2 amide bonds. The van der Waals surface area contributed by atoms with Gasteiger partial charge in [0.05, 0.1) is 0 Å². The molecule has 24 heavy (non-hydrogen) atoms. The van der Waals surface area contributed by atoms with Crippen molar-refractivity contribution in [1.82, 2.24) is 15.1 Å². The van der Waals surface area contributed by atoms with Crippen LogP contribution in [0.4, 0.5) is 0 Å². The van der Waals surface area contributed by atoms with E-state index in [0.29, 0.717) is 11.8 Å². The van der Waals surface area contributed by atoms with Crippen LogP contribution in [0.2, 0.25) is 0 Å². The van der Waals surface area contributed by atoms with E-state index in [9.17, 15) is 9.59 Å². The second kappa shape index (κ2) is 9.40. The van der Waals surface area contributed by atoms with Crippen LogP contribution in [-0.4, -0.2) is 60.9 Å². The minimum absolute atomic E-state index is 0.109. The van der Waals surface area contributed by atoms with Gasteiger partial charge in [0.15, 0.2) is 0 Å². The van der Waals surface area contributed by atoms with Crippen molar-refractivity contribution < 1.29 is 9.59 Å². The van der Waals surface area contributed by atoms with Crippen LogP contribution in [-0.2, 0) is 9.59 Å². The Morgan fingerprint density at radius 1 is 1.00 bits per heavy atom. The third kappa shape index (κ3) is 5.47. The molecule has 138 valence electrons. The van der Waals surface area contributed by atoms with Crippen molar-refractivity contribution in [3.8, 4) is 0 Å². The van der Waals surface area contributed by atoms with Crippen LogP contribution < -0.4 is 5.32 Å². The lowest BCUT2D eigenvalue weighted by Crippen LogP contribution is -2.50. The van der Waals surface area contributed by atoms with Crippen LogP contribution in [0.25, 0.3) is 0 Å². The summed E-state index contributed by atoms with van der Waals surface area (Å²) in [5.74, 6) is 1.38. The van der Waals surface area contributed by atoms with Gasteiger partial charge in [-0.05, 0) is 44.6 Å². The summed E-state index contributed by atoms with van der Waals surface area (Å²) in [5, 5.41) is 3.06. The summed E-state index contributed by atoms with van der Waals surface area (Å²) in [6.07, 6.45) is 4.49. The minimum atomic E-state index is 0.109. The SMILES string of the molecule is CCN1CCN(C(=O)C2CCC(C(=O)NCCC(C)C)CC2)CC1. The summed E-state index contributed by atoms with van der Waals surface area (Å²) in [6.45, 7) is 12.1. The van der Waals surface area contributed by atoms with Gasteiger partial charge in [-0.15, -0.1) is 0 Å². The monoisotopic (exact) mass is 337 g/mol. The molecule has 5 heteroatoms. The highest BCUT2D eigenvalue weighted by Crippen LogP contribution is 2.30. The zero-order valence-corrected chi connectivity index (χ0v) is 15.7. The number of carbonyl (C=O) groups excluding carboxylic acids is 2. The molecule has 1 aliphatic carbocycles. The molecule has 1 saturated carbocycles. The van der Waals surface area contributed by atoms with E-state index >= 15 is 0 Å². The number of amides is 2. The molecule has 2 aliphatic rings.